The van der Waals surface area contributed by atoms with Crippen LogP contribution in [0, 0.1) is 5.92 Å². The first kappa shape index (κ1) is 17.2. The summed E-state index contributed by atoms with van der Waals surface area (Å²) in [6, 6.07) is 0.317. The molecule has 0 amide bonds. The van der Waals surface area contributed by atoms with Crippen molar-refractivity contribution in [3.05, 3.63) is 0 Å². The van der Waals surface area contributed by atoms with E-state index in [0.29, 0.717) is 31.1 Å². The lowest BCUT2D eigenvalue weighted by atomic mass is 10.0. The second-order valence-corrected chi connectivity index (χ2v) is 4.98. The maximum absolute atomic E-state index is 5.48. The van der Waals surface area contributed by atoms with Gasteiger partial charge in [0.05, 0.1) is 0 Å². The number of guanidine groups is 1. The summed E-state index contributed by atoms with van der Waals surface area (Å²) in [7, 11) is 5.81. The Morgan fingerprint density at radius 1 is 1.39 bits per heavy atom. The van der Waals surface area contributed by atoms with Crippen molar-refractivity contribution in [2.75, 3.05) is 40.9 Å². The quantitative estimate of drug-likeness (QED) is 0.188. The van der Waals surface area contributed by atoms with Gasteiger partial charge in [0.2, 0.25) is 5.96 Å². The van der Waals surface area contributed by atoms with E-state index in [1.165, 1.54) is 0 Å². The molecule has 0 aliphatic carbocycles. The molecule has 0 aromatic heterocycles. The topological polar surface area (TPSA) is 74.9 Å². The molecule has 6 heteroatoms. The minimum Gasteiger partial charge on any atom is -0.385 e. The van der Waals surface area contributed by atoms with Gasteiger partial charge in [0.25, 0.3) is 0 Å². The largest absolute Gasteiger partial charge is 0.385 e. The van der Waals surface area contributed by atoms with Gasteiger partial charge in [0.15, 0.2) is 0 Å². The Morgan fingerprint density at radius 3 is 2.50 bits per heavy atom. The molecule has 0 rings (SSSR count). The van der Waals surface area contributed by atoms with Crippen LogP contribution in [0.2, 0.25) is 0 Å². The highest BCUT2D eigenvalue weighted by Gasteiger charge is 2.15. The number of hydrogen-bond acceptors (Lipinski definition) is 4. The maximum atomic E-state index is 5.48. The molecule has 108 valence electrons. The van der Waals surface area contributed by atoms with Crippen molar-refractivity contribution >= 4 is 5.96 Å². The second kappa shape index (κ2) is 10.1. The SMILES string of the molecule is COCCCN=C(NN)NC(CN(C)C)C(C)C. The highest BCUT2D eigenvalue weighted by molar-refractivity contribution is 5.79. The first-order valence-electron chi connectivity index (χ1n) is 6.42. The van der Waals surface area contributed by atoms with Gasteiger partial charge in [-0.2, -0.15) is 0 Å². The van der Waals surface area contributed by atoms with Gasteiger partial charge in [-0.05, 0) is 26.4 Å². The number of nitrogens with two attached hydrogens (primary N) is 1. The van der Waals surface area contributed by atoms with Crippen LogP contribution in [-0.2, 0) is 4.74 Å². The van der Waals surface area contributed by atoms with Crippen LogP contribution in [0.4, 0.5) is 0 Å². The number of nitrogens with zero attached hydrogens (tertiary/aromatic N) is 2. The van der Waals surface area contributed by atoms with E-state index in [4.69, 9.17) is 10.6 Å². The van der Waals surface area contributed by atoms with E-state index in [1.807, 2.05) is 0 Å². The molecule has 0 bridgehead atoms. The van der Waals surface area contributed by atoms with Crippen molar-refractivity contribution in [1.29, 1.82) is 0 Å². The number of hydrazine groups is 1. The number of rotatable bonds is 8. The number of nitrogens with one attached hydrogen (secondary N) is 2. The molecule has 0 saturated carbocycles. The van der Waals surface area contributed by atoms with Gasteiger partial charge >= 0.3 is 0 Å². The van der Waals surface area contributed by atoms with Crippen LogP contribution in [0.25, 0.3) is 0 Å². The maximum Gasteiger partial charge on any atom is 0.205 e. The Kier molecular flexibility index (Phi) is 9.63. The van der Waals surface area contributed by atoms with Gasteiger partial charge in [-0.3, -0.25) is 10.4 Å². The highest BCUT2D eigenvalue weighted by atomic mass is 16.5. The predicted octanol–water partition coefficient (Wildman–Crippen LogP) is 0.0180. The van der Waals surface area contributed by atoms with Crippen LogP contribution in [0.5, 0.6) is 0 Å². The van der Waals surface area contributed by atoms with Gasteiger partial charge in [-0.15, -0.1) is 0 Å². The third kappa shape index (κ3) is 8.27. The van der Waals surface area contributed by atoms with Gasteiger partial charge in [0.1, 0.15) is 0 Å². The molecule has 18 heavy (non-hydrogen) atoms. The first-order valence-corrected chi connectivity index (χ1v) is 6.42. The molecule has 0 saturated heterocycles. The van der Waals surface area contributed by atoms with E-state index in [-0.39, 0.29) is 0 Å². The molecular weight excluding hydrogens is 230 g/mol. The van der Waals surface area contributed by atoms with E-state index >= 15 is 0 Å². The summed E-state index contributed by atoms with van der Waals surface area (Å²) in [5.41, 5.74) is 2.62. The number of hydrogen-bond donors (Lipinski definition) is 3. The predicted molar refractivity (Wildman–Crippen MR) is 76.4 cm³/mol. The van der Waals surface area contributed by atoms with Crippen LogP contribution < -0.4 is 16.6 Å². The smallest absolute Gasteiger partial charge is 0.205 e. The summed E-state index contributed by atoms with van der Waals surface area (Å²) in [5.74, 6) is 6.63. The third-order valence-electron chi connectivity index (χ3n) is 2.60. The average Bonchev–Trinajstić information content (AvgIpc) is 2.31. The van der Waals surface area contributed by atoms with Crippen LogP contribution in [0.3, 0.4) is 0 Å². The third-order valence-corrected chi connectivity index (χ3v) is 2.60. The Morgan fingerprint density at radius 2 is 2.06 bits per heavy atom. The summed E-state index contributed by atoms with van der Waals surface area (Å²) in [5, 5.41) is 3.34. The number of methoxy groups -OCH3 is 1. The molecule has 0 heterocycles. The summed E-state index contributed by atoms with van der Waals surface area (Å²) in [4.78, 5) is 6.53. The molecule has 1 atom stereocenters. The summed E-state index contributed by atoms with van der Waals surface area (Å²) < 4.78 is 4.98. The van der Waals surface area contributed by atoms with E-state index in [1.54, 1.807) is 7.11 Å². The van der Waals surface area contributed by atoms with Crippen LogP contribution in [0.1, 0.15) is 20.3 Å². The Labute approximate surface area is 111 Å². The zero-order chi connectivity index (χ0) is 14.0. The summed E-state index contributed by atoms with van der Waals surface area (Å²) >= 11 is 0. The Balaban J connectivity index is 4.27. The number of likely N-dealkylation sites (N-methyl/N-ethyl adjacent to an activating group) is 1. The second-order valence-electron chi connectivity index (χ2n) is 4.98. The molecule has 1 unspecified atom stereocenters. The molecular formula is C12H29N5O. The molecule has 0 aromatic carbocycles. The van der Waals surface area contributed by atoms with Crippen molar-refractivity contribution < 1.29 is 4.74 Å². The molecule has 0 spiro atoms. The lowest BCUT2D eigenvalue weighted by molar-refractivity contribution is 0.197. The lowest BCUT2D eigenvalue weighted by Gasteiger charge is -2.26. The fraction of sp³-hybridized carbons (Fsp3) is 0.917. The lowest BCUT2D eigenvalue weighted by Crippen LogP contribution is -2.51. The van der Waals surface area contributed by atoms with Crippen molar-refractivity contribution in [1.82, 2.24) is 15.6 Å². The summed E-state index contributed by atoms with van der Waals surface area (Å²) in [6.07, 6.45) is 0.892. The molecule has 0 aliphatic rings. The van der Waals surface area contributed by atoms with Crippen LogP contribution in [0.15, 0.2) is 4.99 Å². The van der Waals surface area contributed by atoms with Gasteiger partial charge in [-0.25, -0.2) is 5.84 Å². The molecule has 0 aliphatic heterocycles. The van der Waals surface area contributed by atoms with Crippen LogP contribution >= 0.6 is 0 Å². The first-order chi connectivity index (χ1) is 8.51. The zero-order valence-corrected chi connectivity index (χ0v) is 12.4. The molecule has 0 fully saturated rings. The van der Waals surface area contributed by atoms with Crippen molar-refractivity contribution in [2.24, 2.45) is 16.8 Å². The Hall–Kier alpha value is -0.850. The average molecular weight is 259 g/mol. The van der Waals surface area contributed by atoms with Gasteiger partial charge < -0.3 is 15.0 Å². The van der Waals surface area contributed by atoms with E-state index in [0.717, 1.165) is 13.0 Å². The normalized spacial score (nSPS) is 14.1. The van der Waals surface area contributed by atoms with Crippen molar-refractivity contribution in [3.8, 4) is 0 Å². The minimum absolute atomic E-state index is 0.317. The van der Waals surface area contributed by atoms with Crippen molar-refractivity contribution in [3.63, 3.8) is 0 Å². The van der Waals surface area contributed by atoms with E-state index in [2.05, 4.69) is 48.6 Å². The van der Waals surface area contributed by atoms with Gasteiger partial charge in [-0.1, -0.05) is 13.8 Å². The molecule has 6 nitrogen and oxygen atoms in total. The zero-order valence-electron chi connectivity index (χ0n) is 12.4. The minimum atomic E-state index is 0.317. The molecule has 4 N–H and O–H groups in total. The Bertz CT molecular complexity index is 231. The fourth-order valence-electron chi connectivity index (χ4n) is 1.52. The summed E-state index contributed by atoms with van der Waals surface area (Å²) in [6.45, 7) is 6.72. The van der Waals surface area contributed by atoms with Gasteiger partial charge in [0, 0.05) is 32.8 Å². The van der Waals surface area contributed by atoms with E-state index in [9.17, 15) is 0 Å². The number of ether oxygens (including phenoxy) is 1. The highest BCUT2D eigenvalue weighted by Crippen LogP contribution is 2.02. The van der Waals surface area contributed by atoms with Crippen LogP contribution in [-0.4, -0.2) is 57.8 Å². The van der Waals surface area contributed by atoms with E-state index < -0.39 is 0 Å². The van der Waals surface area contributed by atoms with Crippen molar-refractivity contribution in [2.45, 2.75) is 26.3 Å². The fourth-order valence-corrected chi connectivity index (χ4v) is 1.52. The number of aliphatic imine (C=N–C) groups is 1. The molecule has 0 aromatic rings. The molecule has 0 radical (unpaired) electrons. The standard InChI is InChI=1S/C12H29N5O/c1-10(2)11(9-17(3)4)15-12(16-13)14-7-6-8-18-5/h10-11H,6-9,13H2,1-5H3,(H2,14,15,16). The monoisotopic (exact) mass is 259 g/mol.